The molecule has 24 heavy (non-hydrogen) atoms. The molecule has 1 rings (SSSR count). The van der Waals surface area contributed by atoms with Crippen molar-refractivity contribution in [3.8, 4) is 0 Å². The first-order valence-corrected chi connectivity index (χ1v) is 9.12. The Labute approximate surface area is 169 Å². The summed E-state index contributed by atoms with van der Waals surface area (Å²) >= 11 is 0. The van der Waals surface area contributed by atoms with Crippen LogP contribution in [0.5, 0.6) is 0 Å². The fraction of sp³-hybridized carbons (Fsp3) is 0.714. The number of carbonyl (C=O) groups is 2. The molecular formula is C14H26N2O6SY-2. The zero-order chi connectivity index (χ0) is 18.6. The third-order valence-corrected chi connectivity index (χ3v) is 4.12. The molecule has 0 aromatic rings. The van der Waals surface area contributed by atoms with Gasteiger partial charge in [0.25, 0.3) is 0 Å². The van der Waals surface area contributed by atoms with Crippen LogP contribution < -0.4 is 5.32 Å². The maximum absolute atomic E-state index is 11.9. The minimum atomic E-state index is -3.45. The first-order chi connectivity index (χ1) is 10.7. The van der Waals surface area contributed by atoms with Gasteiger partial charge in [-0.2, -0.15) is 17.6 Å². The van der Waals surface area contributed by atoms with E-state index in [0.29, 0.717) is 19.4 Å². The smallest absolute Gasteiger partial charge is 0.323 e. The van der Waals surface area contributed by atoms with Crippen LogP contribution in [-0.2, 0) is 57.1 Å². The van der Waals surface area contributed by atoms with E-state index in [-0.39, 0.29) is 39.1 Å². The van der Waals surface area contributed by atoms with Crippen LogP contribution in [0.25, 0.3) is 0 Å². The molecule has 1 radical (unpaired) electrons. The number of carboxylic acid groups (broad SMARTS) is 1. The van der Waals surface area contributed by atoms with E-state index in [2.05, 4.69) is 12.2 Å². The molecule has 1 fully saturated rings. The number of hydrogen-bond donors (Lipinski definition) is 2. The summed E-state index contributed by atoms with van der Waals surface area (Å²) < 4.78 is 24.0. The molecule has 1 aliphatic rings. The molecule has 0 aliphatic carbocycles. The fourth-order valence-electron chi connectivity index (χ4n) is 1.92. The Balaban J connectivity index is -0.000000660. The van der Waals surface area contributed by atoms with Crippen molar-refractivity contribution >= 4 is 28.2 Å². The first kappa shape index (κ1) is 28.4. The van der Waals surface area contributed by atoms with Crippen LogP contribution in [-0.4, -0.2) is 60.9 Å². The number of nitrogens with one attached hydrogen (secondary N) is 1. The maximum Gasteiger partial charge on any atom is 0.323 e. The number of nitrogens with zero attached hydrogens (tertiary/aromatic N) is 1. The summed E-state index contributed by atoms with van der Waals surface area (Å²) in [5.74, 6) is -1.75. The minimum Gasteiger partial charge on any atom is -0.542 e. The van der Waals surface area contributed by atoms with E-state index >= 15 is 0 Å². The predicted molar refractivity (Wildman–Crippen MR) is 86.8 cm³/mol. The van der Waals surface area contributed by atoms with Gasteiger partial charge >= 0.3 is 5.97 Å². The number of rotatable bonds is 5. The van der Waals surface area contributed by atoms with Gasteiger partial charge in [-0.05, 0) is 12.8 Å². The zero-order valence-electron chi connectivity index (χ0n) is 14.6. The molecule has 0 spiro atoms. The molecule has 0 aromatic carbocycles. The van der Waals surface area contributed by atoms with Crippen molar-refractivity contribution < 1.29 is 60.6 Å². The molecule has 0 unspecified atom stereocenters. The van der Waals surface area contributed by atoms with Crippen LogP contribution in [0.15, 0.2) is 0 Å². The van der Waals surface area contributed by atoms with E-state index in [0.717, 1.165) is 10.6 Å². The molecule has 139 valence electrons. The van der Waals surface area contributed by atoms with Gasteiger partial charge in [-0.25, -0.2) is 8.42 Å². The molecule has 0 aromatic heterocycles. The van der Waals surface area contributed by atoms with Gasteiger partial charge < -0.3 is 22.1 Å². The summed E-state index contributed by atoms with van der Waals surface area (Å²) in [4.78, 5) is 31.3. The molecule has 2 atom stereocenters. The maximum atomic E-state index is 11.9. The zero-order valence-corrected chi connectivity index (χ0v) is 18.3. The average Bonchev–Trinajstić information content (AvgIpc) is 2.97. The van der Waals surface area contributed by atoms with Crippen LogP contribution in [0.2, 0.25) is 0 Å². The van der Waals surface area contributed by atoms with Gasteiger partial charge in [0, 0.05) is 39.3 Å². The van der Waals surface area contributed by atoms with Crippen molar-refractivity contribution in [2.45, 2.75) is 52.1 Å². The molecular weight excluding hydrogens is 413 g/mol. The fourth-order valence-corrected chi connectivity index (χ4v) is 3.05. The summed E-state index contributed by atoms with van der Waals surface area (Å²) in [5.41, 5.74) is 0. The van der Waals surface area contributed by atoms with E-state index in [4.69, 9.17) is 9.90 Å². The summed E-state index contributed by atoms with van der Waals surface area (Å²) in [6.45, 7) is 9.04. The van der Waals surface area contributed by atoms with E-state index in [1.807, 2.05) is 13.8 Å². The minimum absolute atomic E-state index is 0. The topological polar surface area (TPSA) is 121 Å². The largest absolute Gasteiger partial charge is 0.542 e. The molecule has 0 saturated carbocycles. The van der Waals surface area contributed by atoms with Gasteiger partial charge in [0.15, 0.2) is 0 Å². The van der Waals surface area contributed by atoms with Crippen molar-refractivity contribution in [2.75, 3.05) is 12.8 Å². The van der Waals surface area contributed by atoms with E-state index in [9.17, 15) is 18.0 Å². The van der Waals surface area contributed by atoms with Crippen molar-refractivity contribution in [2.24, 2.45) is 0 Å². The first-order valence-electron chi connectivity index (χ1n) is 7.27. The average molecular weight is 439 g/mol. The Hall–Kier alpha value is -0.376. The van der Waals surface area contributed by atoms with Gasteiger partial charge in [0.05, 0.1) is 12.3 Å². The van der Waals surface area contributed by atoms with E-state index in [1.54, 1.807) is 0 Å². The number of amides is 1. The van der Waals surface area contributed by atoms with Crippen LogP contribution >= 0.6 is 0 Å². The van der Waals surface area contributed by atoms with Crippen molar-refractivity contribution in [1.82, 2.24) is 9.62 Å². The third-order valence-electron chi connectivity index (χ3n) is 2.84. The summed E-state index contributed by atoms with van der Waals surface area (Å²) in [6, 6.07) is -1.90. The Morgan fingerprint density at radius 2 is 1.88 bits per heavy atom. The second-order valence-electron chi connectivity index (χ2n) is 4.42. The van der Waals surface area contributed by atoms with Crippen molar-refractivity contribution in [1.29, 1.82) is 0 Å². The third kappa shape index (κ3) is 10.5. The number of sulfonamides is 1. The van der Waals surface area contributed by atoms with Gasteiger partial charge in [-0.15, -0.1) is 0 Å². The Morgan fingerprint density at radius 3 is 2.21 bits per heavy atom. The Morgan fingerprint density at radius 1 is 1.42 bits per heavy atom. The number of carbonyl (C=O) groups excluding carboxylic acids is 2. The molecule has 8 nitrogen and oxygen atoms in total. The number of hydrogen-bond acceptors (Lipinski definition) is 5. The molecule has 2 N–H and O–H groups in total. The van der Waals surface area contributed by atoms with Gasteiger partial charge in [0.2, 0.25) is 15.9 Å². The second kappa shape index (κ2) is 14.9. The normalized spacial score (nSPS) is 17.8. The number of carboxylic acids is 1. The Bertz CT molecular complexity index is 484. The summed E-state index contributed by atoms with van der Waals surface area (Å²) in [7, 11) is -3.45. The van der Waals surface area contributed by atoms with Crippen LogP contribution in [0.1, 0.15) is 40.0 Å². The monoisotopic (exact) mass is 439 g/mol. The summed E-state index contributed by atoms with van der Waals surface area (Å²) in [5, 5.41) is 11.1. The molecule has 0 bridgehead atoms. The molecule has 1 amide bonds. The molecule has 1 saturated heterocycles. The van der Waals surface area contributed by atoms with E-state index in [1.165, 1.54) is 13.2 Å². The van der Waals surface area contributed by atoms with Gasteiger partial charge in [-0.1, -0.05) is 13.8 Å². The number of aliphatic carboxylic acids is 1. The molecule has 10 heteroatoms. The molecule has 1 heterocycles. The predicted octanol–water partition coefficient (Wildman–Crippen LogP) is 0.344. The summed E-state index contributed by atoms with van der Waals surface area (Å²) in [6.07, 6.45) is 3.54. The standard InChI is InChI=1S/C10H17N2O5S.C2H3O.C2H6.Y/c1-3-7(10(14)15)11-9(13)8-5-4-6-12(8)18(2,16)17;1-2-3;1-2;/h7-8H,1,3-6H2,2H3,(H,11,13)(H,14,15);1H3;1-2H3;/q2*-1;;/t7-,8-;;;/m0.../s1. The molecule has 1 aliphatic heterocycles. The Kier molecular flexibility index (Phi) is 17.7. The van der Waals surface area contributed by atoms with E-state index < -0.39 is 34.0 Å². The second-order valence-corrected chi connectivity index (χ2v) is 6.36. The van der Waals surface area contributed by atoms with Crippen molar-refractivity contribution in [3.63, 3.8) is 0 Å². The SMILES string of the molecule is CC.C[C-]=O.[CH2-]C[C@H](NC(=O)[C@@H]1CCCN1S(C)(=O)=O)C(=O)O.[Y]. The van der Waals surface area contributed by atoms with Crippen LogP contribution in [0, 0.1) is 6.92 Å². The van der Waals surface area contributed by atoms with Crippen LogP contribution in [0.3, 0.4) is 0 Å². The van der Waals surface area contributed by atoms with Crippen molar-refractivity contribution in [3.05, 3.63) is 6.92 Å². The quantitative estimate of drug-likeness (QED) is 0.597. The van der Waals surface area contributed by atoms with Gasteiger partial charge in [0.1, 0.15) is 6.04 Å². The van der Waals surface area contributed by atoms with Crippen LogP contribution in [0.4, 0.5) is 0 Å². The van der Waals surface area contributed by atoms with Gasteiger partial charge in [-0.3, -0.25) is 15.9 Å².